The fourth-order valence-corrected chi connectivity index (χ4v) is 4.54. The minimum absolute atomic E-state index is 0.0318. The smallest absolute Gasteiger partial charge is 0.236 e. The summed E-state index contributed by atoms with van der Waals surface area (Å²) in [6.45, 7) is 10.2. The first-order valence-electron chi connectivity index (χ1n) is 12.1. The standard InChI is InChI=1S/C28H32N4O3/c1-18(2)35-26-12-9-20(15-21(26)16-29)28(34-4)31-19(3)22-7-5-8-24-23(22)10-11-25(24)30-17-27(33)32-13-6-14-32/h5,7-9,12,15,18,25,30H,3,6,10-11,13-14,17H2,1-2,4H3. The molecule has 182 valence electrons. The molecule has 2 aromatic carbocycles. The molecule has 1 saturated heterocycles. The number of hydrogen-bond acceptors (Lipinski definition) is 6. The molecule has 1 aliphatic carbocycles. The predicted octanol–water partition coefficient (Wildman–Crippen LogP) is 4.22. The number of likely N-dealkylation sites (tertiary alicyclic amines) is 1. The molecule has 0 aromatic heterocycles. The van der Waals surface area contributed by atoms with E-state index in [1.165, 1.54) is 11.1 Å². The Morgan fingerprint density at radius 2 is 2.11 bits per heavy atom. The Morgan fingerprint density at radius 3 is 2.77 bits per heavy atom. The lowest BCUT2D eigenvalue weighted by molar-refractivity contribution is -0.133. The summed E-state index contributed by atoms with van der Waals surface area (Å²) in [7, 11) is 1.56. The number of nitriles is 1. The molecule has 1 amide bonds. The van der Waals surface area contributed by atoms with Crippen LogP contribution in [-0.2, 0) is 16.0 Å². The number of ether oxygens (including phenoxy) is 2. The molecule has 1 fully saturated rings. The summed E-state index contributed by atoms with van der Waals surface area (Å²) in [5.74, 6) is 1.08. The lowest BCUT2D eigenvalue weighted by Gasteiger charge is -2.31. The summed E-state index contributed by atoms with van der Waals surface area (Å²) >= 11 is 0. The summed E-state index contributed by atoms with van der Waals surface area (Å²) < 4.78 is 11.3. The molecule has 1 atom stereocenters. The van der Waals surface area contributed by atoms with E-state index in [-0.39, 0.29) is 18.1 Å². The van der Waals surface area contributed by atoms with Crippen LogP contribution in [0.3, 0.4) is 0 Å². The van der Waals surface area contributed by atoms with Gasteiger partial charge in [-0.2, -0.15) is 5.26 Å². The maximum absolute atomic E-state index is 12.3. The molecular formula is C28H32N4O3. The van der Waals surface area contributed by atoms with E-state index in [2.05, 4.69) is 29.0 Å². The van der Waals surface area contributed by atoms with Gasteiger partial charge in [0.25, 0.3) is 0 Å². The summed E-state index contributed by atoms with van der Waals surface area (Å²) in [4.78, 5) is 18.8. The van der Waals surface area contributed by atoms with Crippen molar-refractivity contribution in [3.05, 3.63) is 70.8 Å². The van der Waals surface area contributed by atoms with Crippen LogP contribution >= 0.6 is 0 Å². The largest absolute Gasteiger partial charge is 0.490 e. The van der Waals surface area contributed by atoms with E-state index in [1.54, 1.807) is 19.2 Å². The molecule has 4 rings (SSSR count). The van der Waals surface area contributed by atoms with Gasteiger partial charge in [0.1, 0.15) is 11.8 Å². The van der Waals surface area contributed by atoms with Gasteiger partial charge in [-0.3, -0.25) is 4.79 Å². The Morgan fingerprint density at radius 1 is 1.31 bits per heavy atom. The third-order valence-electron chi connectivity index (χ3n) is 6.43. The fourth-order valence-electron chi connectivity index (χ4n) is 4.54. The monoisotopic (exact) mass is 472 g/mol. The first kappa shape index (κ1) is 24.5. The second kappa shape index (κ2) is 10.7. The van der Waals surface area contributed by atoms with E-state index in [9.17, 15) is 10.1 Å². The Balaban J connectivity index is 1.53. The molecule has 1 aliphatic heterocycles. The van der Waals surface area contributed by atoms with Crippen molar-refractivity contribution in [1.29, 1.82) is 5.26 Å². The number of nitrogens with one attached hydrogen (secondary N) is 1. The Kier molecular flexibility index (Phi) is 7.52. The second-order valence-electron chi connectivity index (χ2n) is 9.14. The summed E-state index contributed by atoms with van der Waals surface area (Å²) in [5.41, 5.74) is 5.06. The molecular weight excluding hydrogens is 440 g/mol. The predicted molar refractivity (Wildman–Crippen MR) is 136 cm³/mol. The molecule has 1 heterocycles. The van der Waals surface area contributed by atoms with Gasteiger partial charge >= 0.3 is 0 Å². The topological polar surface area (TPSA) is 87.0 Å². The molecule has 0 bridgehead atoms. The molecule has 7 nitrogen and oxygen atoms in total. The molecule has 2 aliphatic rings. The van der Waals surface area contributed by atoms with Crippen LogP contribution in [0, 0.1) is 11.3 Å². The lowest BCUT2D eigenvalue weighted by Crippen LogP contribution is -2.46. The number of rotatable bonds is 8. The van der Waals surface area contributed by atoms with Crippen molar-refractivity contribution in [3.63, 3.8) is 0 Å². The first-order chi connectivity index (χ1) is 16.9. The summed E-state index contributed by atoms with van der Waals surface area (Å²) in [5, 5.41) is 13.0. The van der Waals surface area contributed by atoms with Crippen molar-refractivity contribution in [3.8, 4) is 11.8 Å². The number of methoxy groups -OCH3 is 1. The molecule has 7 heteroatoms. The summed E-state index contributed by atoms with van der Waals surface area (Å²) in [6, 6.07) is 13.8. The van der Waals surface area contributed by atoms with Crippen LogP contribution in [-0.4, -0.2) is 49.6 Å². The zero-order chi connectivity index (χ0) is 24.9. The van der Waals surface area contributed by atoms with Gasteiger partial charge in [0, 0.05) is 30.3 Å². The zero-order valence-electron chi connectivity index (χ0n) is 20.6. The van der Waals surface area contributed by atoms with Crippen molar-refractivity contribution in [2.75, 3.05) is 26.7 Å². The third-order valence-corrected chi connectivity index (χ3v) is 6.43. The lowest BCUT2D eigenvalue weighted by atomic mass is 10.0. The van der Waals surface area contributed by atoms with Crippen LogP contribution < -0.4 is 10.1 Å². The Bertz CT molecular complexity index is 1190. The van der Waals surface area contributed by atoms with E-state index in [0.29, 0.717) is 35.0 Å². The normalized spacial score (nSPS) is 16.9. The first-order valence-corrected chi connectivity index (χ1v) is 12.1. The molecule has 0 radical (unpaired) electrons. The number of carbonyl (C=O) groups excluding carboxylic acids is 1. The zero-order valence-corrected chi connectivity index (χ0v) is 20.6. The van der Waals surface area contributed by atoms with Crippen molar-refractivity contribution in [2.24, 2.45) is 4.99 Å². The van der Waals surface area contributed by atoms with Crippen LogP contribution in [0.1, 0.15) is 60.5 Å². The quantitative estimate of drug-likeness (QED) is 0.459. The Hall–Kier alpha value is -3.63. The number of benzene rings is 2. The van der Waals surface area contributed by atoms with Gasteiger partial charge in [-0.15, -0.1) is 0 Å². The number of hydrogen-bond donors (Lipinski definition) is 1. The van der Waals surface area contributed by atoms with Crippen LogP contribution in [0.25, 0.3) is 5.70 Å². The van der Waals surface area contributed by atoms with Crippen LogP contribution in [0.5, 0.6) is 5.75 Å². The van der Waals surface area contributed by atoms with Crippen molar-refractivity contribution < 1.29 is 14.3 Å². The Labute approximate surface area is 207 Å². The number of aliphatic imine (C=N–C) groups is 1. The van der Waals surface area contributed by atoms with Gasteiger partial charge in [0.15, 0.2) is 0 Å². The van der Waals surface area contributed by atoms with Crippen LogP contribution in [0.15, 0.2) is 48.0 Å². The third kappa shape index (κ3) is 5.39. The highest BCUT2D eigenvalue weighted by Crippen LogP contribution is 2.36. The van der Waals surface area contributed by atoms with Crippen LogP contribution in [0.4, 0.5) is 0 Å². The minimum Gasteiger partial charge on any atom is -0.490 e. The highest BCUT2D eigenvalue weighted by molar-refractivity contribution is 5.98. The van der Waals surface area contributed by atoms with E-state index in [1.807, 2.05) is 36.9 Å². The van der Waals surface area contributed by atoms with E-state index < -0.39 is 0 Å². The molecule has 1 N–H and O–H groups in total. The highest BCUT2D eigenvalue weighted by atomic mass is 16.5. The van der Waals surface area contributed by atoms with Crippen molar-refractivity contribution in [1.82, 2.24) is 10.2 Å². The van der Waals surface area contributed by atoms with Crippen LogP contribution in [0.2, 0.25) is 0 Å². The van der Waals surface area contributed by atoms with Crippen molar-refractivity contribution >= 4 is 17.5 Å². The fraction of sp³-hybridized carbons (Fsp3) is 0.393. The van der Waals surface area contributed by atoms with Gasteiger partial charge in [0.2, 0.25) is 11.8 Å². The molecule has 0 spiro atoms. The molecule has 0 saturated carbocycles. The van der Waals surface area contributed by atoms with Crippen molar-refractivity contribution in [2.45, 2.75) is 45.3 Å². The second-order valence-corrected chi connectivity index (χ2v) is 9.14. The average molecular weight is 473 g/mol. The summed E-state index contributed by atoms with van der Waals surface area (Å²) in [6.07, 6.45) is 2.88. The highest BCUT2D eigenvalue weighted by Gasteiger charge is 2.27. The number of amides is 1. The van der Waals surface area contributed by atoms with Gasteiger partial charge in [-0.05, 0) is 62.4 Å². The van der Waals surface area contributed by atoms with E-state index >= 15 is 0 Å². The van der Waals surface area contributed by atoms with E-state index in [4.69, 9.17) is 9.47 Å². The van der Waals surface area contributed by atoms with Gasteiger partial charge in [0.05, 0.1) is 31.0 Å². The minimum atomic E-state index is -0.0318. The maximum Gasteiger partial charge on any atom is 0.236 e. The van der Waals surface area contributed by atoms with E-state index in [0.717, 1.165) is 37.9 Å². The molecule has 1 unspecified atom stereocenters. The maximum atomic E-state index is 12.3. The number of carbonyl (C=O) groups is 1. The van der Waals surface area contributed by atoms with Gasteiger partial charge < -0.3 is 19.7 Å². The average Bonchev–Trinajstić information content (AvgIpc) is 3.23. The van der Waals surface area contributed by atoms with Gasteiger partial charge in [-0.1, -0.05) is 24.8 Å². The molecule has 2 aromatic rings. The van der Waals surface area contributed by atoms with Gasteiger partial charge in [-0.25, -0.2) is 4.99 Å². The molecule has 35 heavy (non-hydrogen) atoms. The SMILES string of the molecule is C=C(N=C(OC)c1ccc(OC(C)C)c(C#N)c1)c1cccc2c1CCC2NCC(=O)N1CCC1. The number of nitrogens with zero attached hydrogens (tertiary/aromatic N) is 3. The number of fused-ring (bicyclic) bond motifs is 1.